The molecule has 2 heterocycles. The minimum Gasteiger partial charge on any atom is -0.349 e. The maximum Gasteiger partial charge on any atom is 0.254 e. The van der Waals surface area contributed by atoms with Crippen LogP contribution in [0.1, 0.15) is 23.2 Å². The van der Waals surface area contributed by atoms with Crippen molar-refractivity contribution in [2.45, 2.75) is 25.4 Å². The zero-order chi connectivity index (χ0) is 16.5. The lowest BCUT2D eigenvalue weighted by atomic mass is 10.3. The molecule has 0 unspecified atom stereocenters. The number of carbonyl (C=O) groups is 2. The molecule has 0 saturated heterocycles. The average molecular weight is 341 g/mol. The van der Waals surface area contributed by atoms with E-state index >= 15 is 0 Å². The van der Waals surface area contributed by atoms with E-state index in [1.54, 1.807) is 16.1 Å². The summed E-state index contributed by atoms with van der Waals surface area (Å²) in [6.45, 7) is 0.0437. The number of fused-ring (bicyclic) bond motifs is 1. The summed E-state index contributed by atoms with van der Waals surface area (Å²) in [6, 6.07) is 9.46. The summed E-state index contributed by atoms with van der Waals surface area (Å²) < 4.78 is 1.54. The van der Waals surface area contributed by atoms with Crippen LogP contribution in [0.2, 0.25) is 0 Å². The fourth-order valence-electron chi connectivity index (χ4n) is 2.41. The van der Waals surface area contributed by atoms with Gasteiger partial charge < -0.3 is 10.6 Å². The summed E-state index contributed by atoms with van der Waals surface area (Å²) in [5, 5.41) is 16.1. The van der Waals surface area contributed by atoms with Crippen molar-refractivity contribution in [1.29, 1.82) is 0 Å². The van der Waals surface area contributed by atoms with E-state index in [9.17, 15) is 9.59 Å². The first kappa shape index (κ1) is 14.8. The molecule has 0 bridgehead atoms. The number of thiophene rings is 1. The van der Waals surface area contributed by atoms with Crippen LogP contribution < -0.4 is 10.6 Å². The van der Waals surface area contributed by atoms with E-state index in [-0.39, 0.29) is 24.4 Å². The molecule has 3 aromatic rings. The van der Waals surface area contributed by atoms with Crippen LogP contribution in [0.5, 0.6) is 0 Å². The lowest BCUT2D eigenvalue weighted by Crippen LogP contribution is -2.26. The van der Waals surface area contributed by atoms with Crippen molar-refractivity contribution in [1.82, 2.24) is 20.3 Å². The second-order valence-corrected chi connectivity index (χ2v) is 6.61. The molecule has 0 aliphatic heterocycles. The SMILES string of the molecule is O=C(Cn1nnc2ccccc21)Nc1sccc1C(=O)NC1CC1. The molecule has 1 fully saturated rings. The van der Waals surface area contributed by atoms with Crippen molar-refractivity contribution in [2.75, 3.05) is 5.32 Å². The van der Waals surface area contributed by atoms with Gasteiger partial charge in [-0.1, -0.05) is 17.3 Å². The molecule has 1 aliphatic carbocycles. The number of rotatable bonds is 5. The molecule has 1 aliphatic rings. The molecule has 0 radical (unpaired) electrons. The summed E-state index contributed by atoms with van der Waals surface area (Å²) in [6.07, 6.45) is 2.05. The summed E-state index contributed by atoms with van der Waals surface area (Å²) >= 11 is 1.33. The number of amides is 2. The Balaban J connectivity index is 1.46. The maximum absolute atomic E-state index is 12.3. The average Bonchev–Trinajstić information content (AvgIpc) is 3.11. The molecule has 24 heavy (non-hydrogen) atoms. The van der Waals surface area contributed by atoms with E-state index in [4.69, 9.17) is 0 Å². The highest BCUT2D eigenvalue weighted by molar-refractivity contribution is 7.14. The molecule has 7 nitrogen and oxygen atoms in total. The van der Waals surface area contributed by atoms with Crippen LogP contribution >= 0.6 is 11.3 Å². The van der Waals surface area contributed by atoms with Gasteiger partial charge in [-0.3, -0.25) is 9.59 Å². The van der Waals surface area contributed by atoms with E-state index in [0.29, 0.717) is 10.6 Å². The lowest BCUT2D eigenvalue weighted by molar-refractivity contribution is -0.116. The van der Waals surface area contributed by atoms with Gasteiger partial charge in [0, 0.05) is 6.04 Å². The smallest absolute Gasteiger partial charge is 0.254 e. The first-order valence-electron chi connectivity index (χ1n) is 7.67. The first-order chi connectivity index (χ1) is 11.7. The molecule has 1 aromatic carbocycles. The van der Waals surface area contributed by atoms with Crippen LogP contribution in [-0.2, 0) is 11.3 Å². The summed E-state index contributed by atoms with van der Waals surface area (Å²) in [5.41, 5.74) is 2.04. The van der Waals surface area contributed by atoms with E-state index in [2.05, 4.69) is 20.9 Å². The van der Waals surface area contributed by atoms with Crippen LogP contribution in [0.15, 0.2) is 35.7 Å². The number of nitrogens with zero attached hydrogens (tertiary/aromatic N) is 3. The predicted molar refractivity (Wildman–Crippen MR) is 91.0 cm³/mol. The first-order valence-corrected chi connectivity index (χ1v) is 8.55. The number of benzene rings is 1. The van der Waals surface area contributed by atoms with Gasteiger partial charge in [-0.2, -0.15) is 0 Å². The van der Waals surface area contributed by atoms with Gasteiger partial charge in [0.2, 0.25) is 5.91 Å². The zero-order valence-corrected chi connectivity index (χ0v) is 13.5. The standard InChI is InChI=1S/C16H15N5O2S/c22-14(9-21-13-4-2-1-3-12(13)19-20-21)18-16-11(7-8-24-16)15(23)17-10-5-6-10/h1-4,7-8,10H,5-6,9H2,(H,17,23)(H,18,22). The van der Waals surface area contributed by atoms with Crippen molar-refractivity contribution in [2.24, 2.45) is 0 Å². The van der Waals surface area contributed by atoms with Crippen molar-refractivity contribution < 1.29 is 9.59 Å². The van der Waals surface area contributed by atoms with Crippen LogP contribution in [-0.4, -0.2) is 32.9 Å². The Morgan fingerprint density at radius 1 is 1.25 bits per heavy atom. The van der Waals surface area contributed by atoms with Crippen LogP contribution in [0.4, 0.5) is 5.00 Å². The van der Waals surface area contributed by atoms with Crippen LogP contribution in [0.25, 0.3) is 11.0 Å². The molecule has 122 valence electrons. The fourth-order valence-corrected chi connectivity index (χ4v) is 3.21. The summed E-state index contributed by atoms with van der Waals surface area (Å²) in [4.78, 5) is 24.5. The van der Waals surface area contributed by atoms with Crippen molar-refractivity contribution in [3.63, 3.8) is 0 Å². The van der Waals surface area contributed by atoms with Crippen molar-refractivity contribution in [3.8, 4) is 0 Å². The Morgan fingerprint density at radius 2 is 2.08 bits per heavy atom. The third-order valence-corrected chi connectivity index (χ3v) is 4.62. The van der Waals surface area contributed by atoms with Gasteiger partial charge >= 0.3 is 0 Å². The highest BCUT2D eigenvalue weighted by atomic mass is 32.1. The van der Waals surface area contributed by atoms with E-state index < -0.39 is 0 Å². The minimum atomic E-state index is -0.242. The molecule has 0 spiro atoms. The fraction of sp³-hybridized carbons (Fsp3) is 0.250. The van der Waals surface area contributed by atoms with Gasteiger partial charge in [-0.15, -0.1) is 16.4 Å². The van der Waals surface area contributed by atoms with E-state index in [1.807, 2.05) is 24.3 Å². The molecule has 4 rings (SSSR count). The Morgan fingerprint density at radius 3 is 2.92 bits per heavy atom. The van der Waals surface area contributed by atoms with Gasteiger partial charge in [-0.05, 0) is 36.4 Å². The van der Waals surface area contributed by atoms with Gasteiger partial charge in [0.15, 0.2) is 0 Å². The van der Waals surface area contributed by atoms with Gasteiger partial charge in [-0.25, -0.2) is 4.68 Å². The number of hydrogen-bond acceptors (Lipinski definition) is 5. The Bertz CT molecular complexity index is 912. The largest absolute Gasteiger partial charge is 0.349 e. The number of nitrogens with one attached hydrogen (secondary N) is 2. The second kappa shape index (κ2) is 6.04. The molecular formula is C16H15N5O2S. The Labute approximate surface area is 141 Å². The van der Waals surface area contributed by atoms with Gasteiger partial charge in [0.05, 0.1) is 11.1 Å². The number of hydrogen-bond donors (Lipinski definition) is 2. The molecule has 2 aromatic heterocycles. The molecule has 2 N–H and O–H groups in total. The number of anilines is 1. The van der Waals surface area contributed by atoms with Crippen LogP contribution in [0, 0.1) is 0 Å². The third kappa shape index (κ3) is 3.00. The molecule has 8 heteroatoms. The molecule has 1 saturated carbocycles. The Kier molecular flexibility index (Phi) is 3.73. The normalized spacial score (nSPS) is 13.8. The quantitative estimate of drug-likeness (QED) is 0.743. The van der Waals surface area contributed by atoms with E-state index in [1.165, 1.54) is 11.3 Å². The molecular weight excluding hydrogens is 326 g/mol. The topological polar surface area (TPSA) is 88.9 Å². The van der Waals surface area contributed by atoms with Crippen LogP contribution in [0.3, 0.4) is 0 Å². The van der Waals surface area contributed by atoms with Gasteiger partial charge in [0.1, 0.15) is 17.1 Å². The van der Waals surface area contributed by atoms with Crippen molar-refractivity contribution >= 4 is 39.2 Å². The maximum atomic E-state index is 12.3. The third-order valence-electron chi connectivity index (χ3n) is 3.79. The monoisotopic (exact) mass is 341 g/mol. The number of aromatic nitrogens is 3. The Hall–Kier alpha value is -2.74. The summed E-state index contributed by atoms with van der Waals surface area (Å²) in [7, 11) is 0. The number of carbonyl (C=O) groups excluding carboxylic acids is 2. The zero-order valence-electron chi connectivity index (χ0n) is 12.7. The van der Waals surface area contributed by atoms with E-state index in [0.717, 1.165) is 23.9 Å². The highest BCUT2D eigenvalue weighted by Crippen LogP contribution is 2.25. The minimum absolute atomic E-state index is 0.0437. The van der Waals surface area contributed by atoms with Crippen molar-refractivity contribution in [3.05, 3.63) is 41.3 Å². The molecule has 2 amide bonds. The number of para-hydroxylation sites is 1. The van der Waals surface area contributed by atoms with Gasteiger partial charge in [0.25, 0.3) is 5.91 Å². The summed E-state index contributed by atoms with van der Waals surface area (Å²) in [5.74, 6) is -0.381. The second-order valence-electron chi connectivity index (χ2n) is 5.70. The predicted octanol–water partition coefficient (Wildman–Crippen LogP) is 2.02. The lowest BCUT2D eigenvalue weighted by Gasteiger charge is -2.07. The highest BCUT2D eigenvalue weighted by Gasteiger charge is 2.25. The molecule has 0 atom stereocenters.